The average molecular weight is 326 g/mol. The van der Waals surface area contributed by atoms with Gasteiger partial charge in [0.1, 0.15) is 0 Å². The molecule has 0 saturated heterocycles. The Bertz CT molecular complexity index is 715. The van der Waals surface area contributed by atoms with Crippen LogP contribution in [0.25, 0.3) is 0 Å². The molecule has 3 rings (SSSR count). The van der Waals surface area contributed by atoms with Crippen LogP contribution in [0.2, 0.25) is 0 Å². The van der Waals surface area contributed by atoms with Gasteiger partial charge in [0, 0.05) is 50.6 Å². The van der Waals surface area contributed by atoms with Crippen molar-refractivity contribution in [2.24, 2.45) is 0 Å². The van der Waals surface area contributed by atoms with Crippen molar-refractivity contribution in [3.8, 4) is 0 Å². The van der Waals surface area contributed by atoms with Crippen LogP contribution in [0.3, 0.4) is 0 Å². The van der Waals surface area contributed by atoms with Crippen molar-refractivity contribution in [3.05, 3.63) is 46.8 Å². The van der Waals surface area contributed by atoms with Gasteiger partial charge in [-0.2, -0.15) is 5.10 Å². The lowest BCUT2D eigenvalue weighted by molar-refractivity contribution is -0.131. The molecule has 128 valence electrons. The molecule has 1 aromatic heterocycles. The molecule has 0 bridgehead atoms. The van der Waals surface area contributed by atoms with Crippen molar-refractivity contribution >= 4 is 11.6 Å². The molecule has 1 N–H and O–H groups in total. The molecule has 5 heteroatoms. The van der Waals surface area contributed by atoms with E-state index in [4.69, 9.17) is 0 Å². The molecule has 0 aliphatic carbocycles. The fourth-order valence-corrected chi connectivity index (χ4v) is 3.21. The zero-order valence-electron chi connectivity index (χ0n) is 15.0. The van der Waals surface area contributed by atoms with E-state index in [1.807, 2.05) is 31.1 Å². The minimum Gasteiger partial charge on any atom is -0.378 e. The number of carbonyl (C=O) groups is 1. The molecule has 0 unspecified atom stereocenters. The summed E-state index contributed by atoms with van der Waals surface area (Å²) in [6.07, 6.45) is 1.32. The van der Waals surface area contributed by atoms with Crippen LogP contribution in [-0.2, 0) is 24.2 Å². The number of aromatic amines is 1. The van der Waals surface area contributed by atoms with Gasteiger partial charge in [-0.25, -0.2) is 0 Å². The smallest absolute Gasteiger partial charge is 0.227 e. The van der Waals surface area contributed by atoms with Crippen molar-refractivity contribution in [2.75, 3.05) is 25.5 Å². The van der Waals surface area contributed by atoms with Crippen LogP contribution in [0.5, 0.6) is 0 Å². The van der Waals surface area contributed by atoms with Gasteiger partial charge in [-0.1, -0.05) is 26.0 Å². The maximum absolute atomic E-state index is 12.7. The third-order valence-electron chi connectivity index (χ3n) is 4.67. The lowest BCUT2D eigenvalue weighted by Gasteiger charge is -2.27. The molecule has 0 fully saturated rings. The van der Waals surface area contributed by atoms with E-state index in [2.05, 4.69) is 41.1 Å². The summed E-state index contributed by atoms with van der Waals surface area (Å²) in [5.41, 5.74) is 5.71. The van der Waals surface area contributed by atoms with Crippen LogP contribution in [-0.4, -0.2) is 41.6 Å². The minimum atomic E-state index is 0.189. The fraction of sp³-hybridized carbons (Fsp3) is 0.474. The van der Waals surface area contributed by atoms with E-state index >= 15 is 0 Å². The molecular weight excluding hydrogens is 300 g/mol. The molecule has 2 aromatic rings. The number of nitrogens with one attached hydrogen (secondary N) is 1. The van der Waals surface area contributed by atoms with Crippen LogP contribution >= 0.6 is 0 Å². The standard InChI is InChI=1S/C19H26N4O/c1-13(2)19-16-12-23(10-9-17(16)20-21-19)18(24)11-14-5-7-15(8-6-14)22(3)4/h5-8,13H,9-12H2,1-4H3,(H,20,21). The van der Waals surface area contributed by atoms with Gasteiger partial charge in [-0.05, 0) is 23.6 Å². The Hall–Kier alpha value is -2.30. The van der Waals surface area contributed by atoms with Gasteiger partial charge in [-0.15, -0.1) is 0 Å². The van der Waals surface area contributed by atoms with E-state index in [1.54, 1.807) is 0 Å². The van der Waals surface area contributed by atoms with E-state index in [1.165, 1.54) is 11.3 Å². The summed E-state index contributed by atoms with van der Waals surface area (Å²) in [6, 6.07) is 8.20. The monoisotopic (exact) mass is 326 g/mol. The molecule has 5 nitrogen and oxygen atoms in total. The molecule has 1 aromatic carbocycles. The highest BCUT2D eigenvalue weighted by atomic mass is 16.2. The van der Waals surface area contributed by atoms with Crippen molar-refractivity contribution in [2.45, 2.75) is 39.2 Å². The lowest BCUT2D eigenvalue weighted by Crippen LogP contribution is -2.37. The van der Waals surface area contributed by atoms with E-state index < -0.39 is 0 Å². The first-order chi connectivity index (χ1) is 11.5. The Balaban J connectivity index is 1.68. The number of nitrogens with zero attached hydrogens (tertiary/aromatic N) is 3. The third-order valence-corrected chi connectivity index (χ3v) is 4.67. The topological polar surface area (TPSA) is 52.2 Å². The largest absolute Gasteiger partial charge is 0.378 e. The van der Waals surface area contributed by atoms with Gasteiger partial charge in [0.25, 0.3) is 0 Å². The van der Waals surface area contributed by atoms with E-state index in [0.717, 1.165) is 29.9 Å². The van der Waals surface area contributed by atoms with Crippen molar-refractivity contribution in [3.63, 3.8) is 0 Å². The van der Waals surface area contributed by atoms with Crippen LogP contribution in [0, 0.1) is 0 Å². The zero-order chi connectivity index (χ0) is 17.3. The molecule has 0 atom stereocenters. The second-order valence-corrected chi connectivity index (χ2v) is 7.02. The molecule has 24 heavy (non-hydrogen) atoms. The van der Waals surface area contributed by atoms with Crippen LogP contribution in [0.1, 0.15) is 42.3 Å². The van der Waals surface area contributed by atoms with Gasteiger partial charge in [0.2, 0.25) is 5.91 Å². The summed E-state index contributed by atoms with van der Waals surface area (Å²) in [4.78, 5) is 16.7. The second-order valence-electron chi connectivity index (χ2n) is 7.02. The predicted octanol–water partition coefficient (Wildman–Crippen LogP) is 2.73. The van der Waals surface area contributed by atoms with Crippen molar-refractivity contribution in [1.29, 1.82) is 0 Å². The summed E-state index contributed by atoms with van der Waals surface area (Å²) in [7, 11) is 4.03. The quantitative estimate of drug-likeness (QED) is 0.940. The number of amides is 1. The summed E-state index contributed by atoms with van der Waals surface area (Å²) in [5, 5.41) is 7.57. The maximum Gasteiger partial charge on any atom is 0.227 e. The average Bonchev–Trinajstić information content (AvgIpc) is 2.98. The van der Waals surface area contributed by atoms with Gasteiger partial charge in [-0.3, -0.25) is 9.89 Å². The predicted molar refractivity (Wildman–Crippen MR) is 96.3 cm³/mol. The van der Waals surface area contributed by atoms with Crippen LogP contribution in [0.4, 0.5) is 5.69 Å². The number of aromatic nitrogens is 2. The molecule has 0 radical (unpaired) electrons. The minimum absolute atomic E-state index is 0.189. The van der Waals surface area contributed by atoms with Gasteiger partial charge >= 0.3 is 0 Å². The second kappa shape index (κ2) is 6.67. The first-order valence-corrected chi connectivity index (χ1v) is 8.55. The van der Waals surface area contributed by atoms with Gasteiger partial charge in [0.15, 0.2) is 0 Å². The molecule has 2 heterocycles. The normalized spacial score (nSPS) is 14.0. The first-order valence-electron chi connectivity index (χ1n) is 8.55. The number of hydrogen-bond acceptors (Lipinski definition) is 3. The highest BCUT2D eigenvalue weighted by molar-refractivity contribution is 5.79. The molecular formula is C19H26N4O. The molecule has 1 aliphatic rings. The Morgan fingerprint density at radius 2 is 2.00 bits per heavy atom. The van der Waals surface area contributed by atoms with Crippen molar-refractivity contribution < 1.29 is 4.79 Å². The maximum atomic E-state index is 12.7. The van der Waals surface area contributed by atoms with Gasteiger partial charge < -0.3 is 9.80 Å². The Kier molecular flexibility index (Phi) is 4.60. The number of fused-ring (bicyclic) bond motifs is 1. The summed E-state index contributed by atoms with van der Waals surface area (Å²) in [6.45, 7) is 5.72. The number of benzene rings is 1. The molecule has 1 amide bonds. The van der Waals surface area contributed by atoms with E-state index in [9.17, 15) is 4.79 Å². The van der Waals surface area contributed by atoms with Crippen LogP contribution in [0.15, 0.2) is 24.3 Å². The number of anilines is 1. The summed E-state index contributed by atoms with van der Waals surface area (Å²) in [5.74, 6) is 0.563. The highest BCUT2D eigenvalue weighted by Crippen LogP contribution is 2.26. The van der Waals surface area contributed by atoms with Crippen LogP contribution < -0.4 is 4.90 Å². The Labute approximate surface area is 143 Å². The number of carbonyl (C=O) groups excluding carboxylic acids is 1. The van der Waals surface area contributed by atoms with E-state index in [0.29, 0.717) is 18.9 Å². The summed E-state index contributed by atoms with van der Waals surface area (Å²) >= 11 is 0. The molecule has 0 saturated carbocycles. The number of rotatable bonds is 4. The van der Waals surface area contributed by atoms with E-state index in [-0.39, 0.29) is 5.91 Å². The SMILES string of the molecule is CC(C)c1n[nH]c2c1CN(C(=O)Cc1ccc(N(C)C)cc1)CC2. The molecule has 1 aliphatic heterocycles. The summed E-state index contributed by atoms with van der Waals surface area (Å²) < 4.78 is 0. The zero-order valence-corrected chi connectivity index (χ0v) is 15.0. The Morgan fingerprint density at radius 3 is 2.62 bits per heavy atom. The highest BCUT2D eigenvalue weighted by Gasteiger charge is 2.25. The third kappa shape index (κ3) is 3.30. The number of H-pyrrole nitrogens is 1. The van der Waals surface area contributed by atoms with Crippen molar-refractivity contribution in [1.82, 2.24) is 15.1 Å². The van der Waals surface area contributed by atoms with Gasteiger partial charge in [0.05, 0.1) is 12.1 Å². The lowest BCUT2D eigenvalue weighted by atomic mass is 9.99. The molecule has 0 spiro atoms. The first kappa shape index (κ1) is 16.6. The number of hydrogen-bond donors (Lipinski definition) is 1. The fourth-order valence-electron chi connectivity index (χ4n) is 3.21. The Morgan fingerprint density at radius 1 is 1.29 bits per heavy atom.